The van der Waals surface area contributed by atoms with Crippen LogP contribution in [0.5, 0.6) is 5.75 Å². The van der Waals surface area contributed by atoms with Crippen molar-refractivity contribution in [2.24, 2.45) is 5.92 Å². The molecule has 1 amide bonds. The lowest BCUT2D eigenvalue weighted by molar-refractivity contribution is -0.295. The fraction of sp³-hybridized carbons (Fsp3) is 0.273. The molecule has 2 rings (SSSR count). The van der Waals surface area contributed by atoms with Crippen molar-refractivity contribution in [2.45, 2.75) is 32.7 Å². The maximum absolute atomic E-state index is 12.4. The Morgan fingerprint density at radius 3 is 2.52 bits per heavy atom. The highest BCUT2D eigenvalue weighted by atomic mass is 16.3. The van der Waals surface area contributed by atoms with Gasteiger partial charge in [0.2, 0.25) is 0 Å². The normalized spacial score (nSPS) is 20.7. The van der Waals surface area contributed by atoms with Crippen LogP contribution in [-0.4, -0.2) is 22.8 Å². The smallest absolute Gasteiger partial charge is 0.254 e. The Bertz CT molecular complexity index is 800. The summed E-state index contributed by atoms with van der Waals surface area (Å²) in [6.07, 6.45) is 11.5. The van der Waals surface area contributed by atoms with Crippen LogP contribution in [-0.2, 0) is 16.0 Å². The zero-order chi connectivity index (χ0) is 19.8. The topological polar surface area (TPSA) is 89.5 Å². The summed E-state index contributed by atoms with van der Waals surface area (Å²) in [5.41, 5.74) is 0.449. The number of carbonyl (C=O) groups excluding carboxylic acids is 2. The number of ketones is 1. The third-order valence-corrected chi connectivity index (χ3v) is 4.38. The van der Waals surface area contributed by atoms with Gasteiger partial charge in [-0.05, 0) is 23.6 Å². The SMILES string of the molecule is CCC(C)/C=C/C=C/C=C/C([O-])=C1\C(=O)NC(Cc2ccc(O)cc2)C1=O. The van der Waals surface area contributed by atoms with Gasteiger partial charge < -0.3 is 15.5 Å². The molecule has 2 unspecified atom stereocenters. The summed E-state index contributed by atoms with van der Waals surface area (Å²) in [5.74, 6) is -1.12. The molecule has 142 valence electrons. The molecule has 0 saturated carbocycles. The van der Waals surface area contributed by atoms with Crippen molar-refractivity contribution in [3.05, 3.63) is 77.6 Å². The molecule has 1 heterocycles. The highest BCUT2D eigenvalue weighted by Gasteiger charge is 2.35. The number of allylic oxidation sites excluding steroid dienone is 6. The lowest BCUT2D eigenvalue weighted by Crippen LogP contribution is -2.31. The molecule has 5 heteroatoms. The Hall–Kier alpha value is -3.08. The molecule has 0 spiro atoms. The van der Waals surface area contributed by atoms with Gasteiger partial charge in [-0.2, -0.15) is 0 Å². The molecule has 1 aliphatic heterocycles. The fourth-order valence-electron chi connectivity index (χ4n) is 2.57. The summed E-state index contributed by atoms with van der Waals surface area (Å²) >= 11 is 0. The Labute approximate surface area is 159 Å². The van der Waals surface area contributed by atoms with E-state index in [4.69, 9.17) is 0 Å². The number of amides is 1. The number of Topliss-reactive ketones (excluding diaryl/α,β-unsaturated/α-hetero) is 1. The van der Waals surface area contributed by atoms with Crippen molar-refractivity contribution in [3.63, 3.8) is 0 Å². The van der Waals surface area contributed by atoms with Crippen molar-refractivity contribution < 1.29 is 19.8 Å². The van der Waals surface area contributed by atoms with Gasteiger partial charge in [-0.3, -0.25) is 9.59 Å². The molecular weight excluding hydrogens is 342 g/mol. The molecular formula is C22H24NO4-. The molecule has 0 aromatic heterocycles. The van der Waals surface area contributed by atoms with E-state index in [1.165, 1.54) is 24.3 Å². The molecule has 27 heavy (non-hydrogen) atoms. The van der Waals surface area contributed by atoms with Crippen LogP contribution >= 0.6 is 0 Å². The second kappa shape index (κ2) is 9.57. The Morgan fingerprint density at radius 1 is 1.19 bits per heavy atom. The molecule has 2 atom stereocenters. The molecule has 5 nitrogen and oxygen atoms in total. The Kier molecular flexibility index (Phi) is 7.17. The predicted octanol–water partition coefficient (Wildman–Crippen LogP) is 2.33. The average Bonchev–Trinajstić information content (AvgIpc) is 2.92. The highest BCUT2D eigenvalue weighted by molar-refractivity contribution is 6.27. The maximum Gasteiger partial charge on any atom is 0.254 e. The Morgan fingerprint density at radius 2 is 1.85 bits per heavy atom. The van der Waals surface area contributed by atoms with Gasteiger partial charge in [-0.25, -0.2) is 0 Å². The van der Waals surface area contributed by atoms with E-state index in [0.717, 1.165) is 12.0 Å². The standard InChI is InChI=1S/C22H25NO4/c1-3-15(2)8-6-4-5-7-9-19(25)20-21(26)18(23-22(20)27)14-16-10-12-17(24)13-11-16/h4-13,15,18,24-25H,3,14H2,1-2H3,(H,23,27)/p-1/b5-4+,8-6+,9-7+,20-19+. The molecule has 1 aliphatic rings. The van der Waals surface area contributed by atoms with Crippen LogP contribution in [0, 0.1) is 5.92 Å². The molecule has 0 aliphatic carbocycles. The van der Waals surface area contributed by atoms with Crippen LogP contribution < -0.4 is 10.4 Å². The minimum Gasteiger partial charge on any atom is -0.872 e. The van der Waals surface area contributed by atoms with Crippen molar-refractivity contribution >= 4 is 11.7 Å². The van der Waals surface area contributed by atoms with Gasteiger partial charge in [-0.15, -0.1) is 0 Å². The van der Waals surface area contributed by atoms with Crippen LogP contribution in [0.15, 0.2) is 72.1 Å². The monoisotopic (exact) mass is 366 g/mol. The number of aromatic hydroxyl groups is 1. The first-order valence-corrected chi connectivity index (χ1v) is 8.98. The summed E-state index contributed by atoms with van der Waals surface area (Å²) in [6.45, 7) is 4.21. The number of rotatable bonds is 7. The van der Waals surface area contributed by atoms with Gasteiger partial charge in [0.05, 0.1) is 11.6 Å². The number of nitrogens with one attached hydrogen (secondary N) is 1. The van der Waals surface area contributed by atoms with E-state index < -0.39 is 23.5 Å². The first-order chi connectivity index (χ1) is 12.9. The van der Waals surface area contributed by atoms with Gasteiger partial charge in [0.15, 0.2) is 5.78 Å². The lowest BCUT2D eigenvalue weighted by atomic mass is 10.0. The van der Waals surface area contributed by atoms with Crippen molar-refractivity contribution in [1.82, 2.24) is 5.32 Å². The van der Waals surface area contributed by atoms with E-state index in [-0.39, 0.29) is 17.7 Å². The van der Waals surface area contributed by atoms with E-state index in [1.807, 2.05) is 6.08 Å². The maximum atomic E-state index is 12.4. The van der Waals surface area contributed by atoms with Crippen molar-refractivity contribution in [1.29, 1.82) is 0 Å². The summed E-state index contributed by atoms with van der Waals surface area (Å²) < 4.78 is 0. The second-order valence-corrected chi connectivity index (χ2v) is 6.51. The van der Waals surface area contributed by atoms with Gasteiger partial charge >= 0.3 is 0 Å². The van der Waals surface area contributed by atoms with Gasteiger partial charge in [0, 0.05) is 6.42 Å². The van der Waals surface area contributed by atoms with Crippen LogP contribution in [0.25, 0.3) is 0 Å². The molecule has 1 saturated heterocycles. The van der Waals surface area contributed by atoms with E-state index in [0.29, 0.717) is 5.92 Å². The molecule has 2 N–H and O–H groups in total. The molecule has 1 aromatic carbocycles. The largest absolute Gasteiger partial charge is 0.872 e. The fourth-order valence-corrected chi connectivity index (χ4v) is 2.57. The minimum absolute atomic E-state index is 0.125. The minimum atomic E-state index is -0.761. The van der Waals surface area contributed by atoms with Gasteiger partial charge in [0.1, 0.15) is 5.75 Å². The Balaban J connectivity index is 2.03. The number of benzene rings is 1. The average molecular weight is 366 g/mol. The lowest BCUT2D eigenvalue weighted by Gasteiger charge is -2.09. The van der Waals surface area contributed by atoms with Gasteiger partial charge in [0.25, 0.3) is 5.91 Å². The van der Waals surface area contributed by atoms with Crippen molar-refractivity contribution in [3.8, 4) is 5.75 Å². The summed E-state index contributed by atoms with van der Waals surface area (Å²) in [5, 5.41) is 24.1. The van der Waals surface area contributed by atoms with E-state index in [9.17, 15) is 19.8 Å². The number of phenolic OH excluding ortho intramolecular Hbond substituents is 1. The third-order valence-electron chi connectivity index (χ3n) is 4.38. The van der Waals surface area contributed by atoms with Crippen LogP contribution in [0.1, 0.15) is 25.8 Å². The summed E-state index contributed by atoms with van der Waals surface area (Å²) in [6, 6.07) is 5.61. The molecule has 1 aromatic rings. The molecule has 0 bridgehead atoms. The number of hydrogen-bond donors (Lipinski definition) is 2. The first kappa shape index (κ1) is 20.2. The molecule has 1 fully saturated rings. The summed E-state index contributed by atoms with van der Waals surface area (Å²) in [4.78, 5) is 24.4. The van der Waals surface area contributed by atoms with Crippen molar-refractivity contribution in [2.75, 3.05) is 0 Å². The van der Waals surface area contributed by atoms with E-state index in [1.54, 1.807) is 24.3 Å². The van der Waals surface area contributed by atoms with Crippen LogP contribution in [0.3, 0.4) is 0 Å². The summed E-state index contributed by atoms with van der Waals surface area (Å²) in [7, 11) is 0. The number of phenols is 1. The third kappa shape index (κ3) is 5.71. The number of carbonyl (C=O) groups is 2. The van der Waals surface area contributed by atoms with Crippen LogP contribution in [0.4, 0.5) is 0 Å². The van der Waals surface area contributed by atoms with Crippen LogP contribution in [0.2, 0.25) is 0 Å². The predicted molar refractivity (Wildman–Crippen MR) is 103 cm³/mol. The first-order valence-electron chi connectivity index (χ1n) is 8.98. The zero-order valence-corrected chi connectivity index (χ0v) is 15.5. The zero-order valence-electron chi connectivity index (χ0n) is 15.5. The van der Waals surface area contributed by atoms with Gasteiger partial charge in [-0.1, -0.05) is 74.6 Å². The highest BCUT2D eigenvalue weighted by Crippen LogP contribution is 2.18. The number of hydrogen-bond acceptors (Lipinski definition) is 4. The molecule has 0 radical (unpaired) electrons. The van der Waals surface area contributed by atoms with E-state index in [2.05, 4.69) is 25.2 Å². The van der Waals surface area contributed by atoms with E-state index >= 15 is 0 Å². The second-order valence-electron chi connectivity index (χ2n) is 6.51. The quantitative estimate of drug-likeness (QED) is 0.335.